The first-order chi connectivity index (χ1) is 11.2. The van der Waals surface area contributed by atoms with Crippen LogP contribution in [0, 0.1) is 13.8 Å². The molecule has 1 aromatic rings. The van der Waals surface area contributed by atoms with Crippen LogP contribution in [0.4, 0.5) is 0 Å². The molecule has 0 aliphatic heterocycles. The van der Waals surface area contributed by atoms with Crippen LogP contribution in [-0.4, -0.2) is 61.1 Å². The molecule has 0 aromatic carbocycles. The highest BCUT2D eigenvalue weighted by atomic mass is 16.5. The monoisotopic (exact) mass is 337 g/mol. The number of aromatic nitrogens is 1. The van der Waals surface area contributed by atoms with Crippen LogP contribution >= 0.6 is 0 Å². The summed E-state index contributed by atoms with van der Waals surface area (Å²) in [7, 11) is 3.46. The number of rotatable bonds is 9. The Balaban J connectivity index is 2.78. The van der Waals surface area contributed by atoms with Crippen molar-refractivity contribution in [2.45, 2.75) is 46.7 Å². The van der Waals surface area contributed by atoms with Gasteiger partial charge in [-0.05, 0) is 47.7 Å². The summed E-state index contributed by atoms with van der Waals surface area (Å²) in [4.78, 5) is 26.1. The van der Waals surface area contributed by atoms with E-state index in [2.05, 4.69) is 16.8 Å². The molecule has 1 heterocycles. The van der Waals surface area contributed by atoms with Crippen molar-refractivity contribution in [2.24, 2.45) is 0 Å². The fourth-order valence-electron chi connectivity index (χ4n) is 3.05. The Labute approximate surface area is 145 Å². The minimum atomic E-state index is -0.0699. The summed E-state index contributed by atoms with van der Waals surface area (Å²) in [6.45, 7) is 10.9. The Morgan fingerprint density at radius 2 is 1.88 bits per heavy atom. The average molecular weight is 337 g/mol. The second kappa shape index (κ2) is 8.99. The van der Waals surface area contributed by atoms with Crippen LogP contribution in [0.15, 0.2) is 6.07 Å². The third-order valence-corrected chi connectivity index (χ3v) is 3.91. The quantitative estimate of drug-likeness (QED) is 0.700. The summed E-state index contributed by atoms with van der Waals surface area (Å²) in [5.41, 5.74) is 2.70. The minimum absolute atomic E-state index is 0.0267. The van der Waals surface area contributed by atoms with E-state index in [-0.39, 0.29) is 36.9 Å². The van der Waals surface area contributed by atoms with E-state index in [1.807, 2.05) is 33.8 Å². The Hall–Kier alpha value is -1.66. The summed E-state index contributed by atoms with van der Waals surface area (Å²) < 4.78 is 7.35. The van der Waals surface area contributed by atoms with E-state index in [1.165, 1.54) is 0 Å². The lowest BCUT2D eigenvalue weighted by Crippen LogP contribution is -2.40. The summed E-state index contributed by atoms with van der Waals surface area (Å²) in [5, 5.41) is 2.83. The van der Waals surface area contributed by atoms with Crippen molar-refractivity contribution >= 4 is 11.7 Å². The fraction of sp³-hybridized carbons (Fsp3) is 0.667. The zero-order valence-corrected chi connectivity index (χ0v) is 16.0. The van der Waals surface area contributed by atoms with Gasteiger partial charge in [0.25, 0.3) is 0 Å². The van der Waals surface area contributed by atoms with E-state index in [0.29, 0.717) is 12.2 Å². The van der Waals surface area contributed by atoms with Gasteiger partial charge in [0.2, 0.25) is 5.91 Å². The number of likely N-dealkylation sites (N-methyl/N-ethyl adjacent to an activating group) is 1. The molecule has 0 aliphatic carbocycles. The predicted molar refractivity (Wildman–Crippen MR) is 95.6 cm³/mol. The summed E-state index contributed by atoms with van der Waals surface area (Å²) in [6.07, 6.45) is 0. The standard InChI is InChI=1S/C18H31N3O3/c1-12(2)19-18(23)10-20(6)9-17(22)16-8-13(3)21(15(16)5)14(4)11-24-7/h8,12,14H,9-11H2,1-7H3,(H,19,23)/t14-/m0/s1. The Morgan fingerprint density at radius 1 is 1.25 bits per heavy atom. The number of Topliss-reactive ketones (excluding diaryl/α,β-unsaturated/α-hetero) is 1. The molecule has 24 heavy (non-hydrogen) atoms. The van der Waals surface area contributed by atoms with Gasteiger partial charge in [-0.1, -0.05) is 0 Å². The number of carbonyl (C=O) groups is 2. The van der Waals surface area contributed by atoms with Gasteiger partial charge in [-0.3, -0.25) is 14.5 Å². The number of nitrogens with one attached hydrogen (secondary N) is 1. The average Bonchev–Trinajstić information content (AvgIpc) is 2.72. The molecule has 0 unspecified atom stereocenters. The van der Waals surface area contributed by atoms with Gasteiger partial charge in [0.05, 0.1) is 25.7 Å². The zero-order valence-electron chi connectivity index (χ0n) is 16.0. The normalized spacial score (nSPS) is 12.7. The molecule has 0 spiro atoms. The molecule has 1 atom stereocenters. The highest BCUT2D eigenvalue weighted by molar-refractivity contribution is 5.99. The SMILES string of the molecule is COC[C@H](C)n1c(C)cc(C(=O)CN(C)CC(=O)NC(C)C)c1C. The van der Waals surface area contributed by atoms with Crippen molar-refractivity contribution in [1.29, 1.82) is 0 Å². The first-order valence-corrected chi connectivity index (χ1v) is 8.35. The van der Waals surface area contributed by atoms with Gasteiger partial charge in [0, 0.05) is 30.1 Å². The Morgan fingerprint density at radius 3 is 2.42 bits per heavy atom. The summed E-state index contributed by atoms with van der Waals surface area (Å²) >= 11 is 0. The van der Waals surface area contributed by atoms with Crippen LogP contribution in [-0.2, 0) is 9.53 Å². The van der Waals surface area contributed by atoms with Gasteiger partial charge in [-0.25, -0.2) is 0 Å². The number of ether oxygens (including phenoxy) is 1. The highest BCUT2D eigenvalue weighted by Gasteiger charge is 2.20. The molecule has 0 bridgehead atoms. The number of amides is 1. The first-order valence-electron chi connectivity index (χ1n) is 8.35. The summed E-state index contributed by atoms with van der Waals surface area (Å²) in [5.74, 6) is -0.0432. The number of carbonyl (C=O) groups excluding carboxylic acids is 2. The van der Waals surface area contributed by atoms with E-state index < -0.39 is 0 Å². The molecular formula is C18H31N3O3. The van der Waals surface area contributed by atoms with E-state index in [0.717, 1.165) is 11.4 Å². The fourth-order valence-corrected chi connectivity index (χ4v) is 3.05. The largest absolute Gasteiger partial charge is 0.383 e. The van der Waals surface area contributed by atoms with Gasteiger partial charge in [-0.15, -0.1) is 0 Å². The molecule has 1 amide bonds. The van der Waals surface area contributed by atoms with Gasteiger partial charge in [0.1, 0.15) is 0 Å². The molecule has 1 N–H and O–H groups in total. The minimum Gasteiger partial charge on any atom is -0.383 e. The van der Waals surface area contributed by atoms with Crippen molar-refractivity contribution in [2.75, 3.05) is 33.9 Å². The molecule has 0 fully saturated rings. The molecular weight excluding hydrogens is 306 g/mol. The molecule has 1 rings (SSSR count). The lowest BCUT2D eigenvalue weighted by Gasteiger charge is -2.18. The second-order valence-corrected chi connectivity index (χ2v) is 6.78. The van der Waals surface area contributed by atoms with Crippen LogP contribution in [0.5, 0.6) is 0 Å². The molecule has 136 valence electrons. The molecule has 0 radical (unpaired) electrons. The van der Waals surface area contributed by atoms with E-state index in [4.69, 9.17) is 4.74 Å². The zero-order chi connectivity index (χ0) is 18.4. The number of hydrogen-bond acceptors (Lipinski definition) is 4. The number of hydrogen-bond donors (Lipinski definition) is 1. The van der Waals surface area contributed by atoms with Crippen molar-refractivity contribution in [3.8, 4) is 0 Å². The van der Waals surface area contributed by atoms with E-state index in [9.17, 15) is 9.59 Å². The predicted octanol–water partition coefficient (Wildman–Crippen LogP) is 1.95. The summed E-state index contributed by atoms with van der Waals surface area (Å²) in [6, 6.07) is 2.19. The molecule has 0 saturated heterocycles. The molecule has 0 saturated carbocycles. The third kappa shape index (κ3) is 5.46. The van der Waals surface area contributed by atoms with Crippen molar-refractivity contribution in [1.82, 2.24) is 14.8 Å². The van der Waals surface area contributed by atoms with Crippen LogP contribution in [0.1, 0.15) is 48.6 Å². The van der Waals surface area contributed by atoms with E-state index in [1.54, 1.807) is 19.1 Å². The number of aryl methyl sites for hydroxylation is 1. The highest BCUT2D eigenvalue weighted by Crippen LogP contribution is 2.21. The van der Waals surface area contributed by atoms with Gasteiger partial charge >= 0.3 is 0 Å². The molecule has 6 heteroatoms. The van der Waals surface area contributed by atoms with Crippen LogP contribution in [0.2, 0.25) is 0 Å². The maximum absolute atomic E-state index is 12.6. The lowest BCUT2D eigenvalue weighted by molar-refractivity contribution is -0.122. The van der Waals surface area contributed by atoms with Crippen molar-refractivity contribution < 1.29 is 14.3 Å². The Kier molecular flexibility index (Phi) is 7.63. The number of methoxy groups -OCH3 is 1. The topological polar surface area (TPSA) is 63.6 Å². The van der Waals surface area contributed by atoms with Crippen LogP contribution < -0.4 is 5.32 Å². The van der Waals surface area contributed by atoms with E-state index >= 15 is 0 Å². The van der Waals surface area contributed by atoms with Gasteiger partial charge < -0.3 is 14.6 Å². The third-order valence-electron chi connectivity index (χ3n) is 3.91. The number of nitrogens with zero attached hydrogens (tertiary/aromatic N) is 2. The van der Waals surface area contributed by atoms with Gasteiger partial charge in [-0.2, -0.15) is 0 Å². The maximum atomic E-state index is 12.6. The smallest absolute Gasteiger partial charge is 0.234 e. The second-order valence-electron chi connectivity index (χ2n) is 6.78. The number of ketones is 1. The molecule has 6 nitrogen and oxygen atoms in total. The van der Waals surface area contributed by atoms with Crippen LogP contribution in [0.25, 0.3) is 0 Å². The first kappa shape index (κ1) is 20.4. The van der Waals surface area contributed by atoms with Crippen molar-refractivity contribution in [3.63, 3.8) is 0 Å². The molecule has 0 aliphatic rings. The maximum Gasteiger partial charge on any atom is 0.234 e. The van der Waals surface area contributed by atoms with Crippen molar-refractivity contribution in [3.05, 3.63) is 23.0 Å². The molecule has 1 aromatic heterocycles. The van der Waals surface area contributed by atoms with Gasteiger partial charge in [0.15, 0.2) is 5.78 Å². The van der Waals surface area contributed by atoms with Crippen LogP contribution in [0.3, 0.4) is 0 Å². The lowest BCUT2D eigenvalue weighted by atomic mass is 10.1. The Bertz CT molecular complexity index is 578.